The van der Waals surface area contributed by atoms with Crippen LogP contribution in [-0.2, 0) is 4.74 Å². The summed E-state index contributed by atoms with van der Waals surface area (Å²) in [5.41, 5.74) is 5.85. The van der Waals surface area contributed by atoms with Crippen molar-refractivity contribution in [3.8, 4) is 11.1 Å². The summed E-state index contributed by atoms with van der Waals surface area (Å²) in [6, 6.07) is 11.9. The summed E-state index contributed by atoms with van der Waals surface area (Å²) in [4.78, 5) is 19.8. The maximum Gasteiger partial charge on any atom is 0.340 e. The molecule has 0 atom stereocenters. The number of hydrogen-bond acceptors (Lipinski definition) is 3. The quantitative estimate of drug-likeness (QED) is 0.519. The molecule has 1 aromatic heterocycles. The van der Waals surface area contributed by atoms with Crippen LogP contribution in [0.1, 0.15) is 21.7 Å². The molecule has 1 heterocycles. The van der Waals surface area contributed by atoms with E-state index in [4.69, 9.17) is 4.74 Å². The lowest BCUT2D eigenvalue weighted by Gasteiger charge is -2.08. The van der Waals surface area contributed by atoms with Gasteiger partial charge in [0.25, 0.3) is 0 Å². The lowest BCUT2D eigenvalue weighted by molar-refractivity contribution is 0.0603. The van der Waals surface area contributed by atoms with Crippen LogP contribution in [0.3, 0.4) is 0 Å². The first-order valence-electron chi connectivity index (χ1n) is 8.22. The Hall–Kier alpha value is -3.40. The standard InChI is InChI=1S/C22H20N2O2/c1-5-7-15(6-2)16-8-10-17(11-9-16)18-12-19(22(25)26-4)21-20(13-18)23-14(3)24-21/h5-13H,1-2H2,3-4H3,(H,23,24)/b15-7+. The van der Waals surface area contributed by atoms with Gasteiger partial charge < -0.3 is 9.72 Å². The molecule has 4 heteroatoms. The van der Waals surface area contributed by atoms with Crippen LogP contribution in [0.25, 0.3) is 27.7 Å². The van der Waals surface area contributed by atoms with Crippen molar-refractivity contribution in [3.05, 3.63) is 84.7 Å². The zero-order valence-electron chi connectivity index (χ0n) is 14.9. The predicted molar refractivity (Wildman–Crippen MR) is 106 cm³/mol. The maximum atomic E-state index is 12.2. The highest BCUT2D eigenvalue weighted by Crippen LogP contribution is 2.28. The monoisotopic (exact) mass is 344 g/mol. The van der Waals surface area contributed by atoms with Crippen LogP contribution >= 0.6 is 0 Å². The molecule has 0 aliphatic carbocycles. The highest BCUT2D eigenvalue weighted by Gasteiger charge is 2.16. The molecule has 0 fully saturated rings. The van der Waals surface area contributed by atoms with E-state index < -0.39 is 5.97 Å². The zero-order valence-corrected chi connectivity index (χ0v) is 14.9. The van der Waals surface area contributed by atoms with E-state index in [-0.39, 0.29) is 0 Å². The number of H-pyrrole nitrogens is 1. The van der Waals surface area contributed by atoms with Gasteiger partial charge in [-0.05, 0) is 41.3 Å². The van der Waals surface area contributed by atoms with E-state index in [2.05, 4.69) is 23.1 Å². The number of carbonyl (C=O) groups is 1. The molecule has 0 spiro atoms. The minimum Gasteiger partial charge on any atom is -0.465 e. The summed E-state index contributed by atoms with van der Waals surface area (Å²) < 4.78 is 4.92. The summed E-state index contributed by atoms with van der Waals surface area (Å²) >= 11 is 0. The minimum atomic E-state index is -0.400. The number of aryl methyl sites for hydroxylation is 1. The highest BCUT2D eigenvalue weighted by atomic mass is 16.5. The van der Waals surface area contributed by atoms with E-state index in [0.29, 0.717) is 11.1 Å². The Morgan fingerprint density at radius 3 is 2.50 bits per heavy atom. The van der Waals surface area contributed by atoms with Gasteiger partial charge in [0.2, 0.25) is 0 Å². The number of nitrogens with zero attached hydrogens (tertiary/aromatic N) is 1. The number of benzene rings is 2. The Kier molecular flexibility index (Phi) is 4.85. The van der Waals surface area contributed by atoms with Crippen molar-refractivity contribution in [1.29, 1.82) is 0 Å². The number of aromatic amines is 1. The molecular formula is C22H20N2O2. The number of rotatable bonds is 5. The summed E-state index contributed by atoms with van der Waals surface area (Å²) in [5, 5.41) is 0. The summed E-state index contributed by atoms with van der Waals surface area (Å²) in [5.74, 6) is 0.352. The first-order chi connectivity index (χ1) is 12.6. The number of methoxy groups -OCH3 is 1. The van der Waals surface area contributed by atoms with Crippen LogP contribution in [0.2, 0.25) is 0 Å². The molecule has 0 unspecified atom stereocenters. The van der Waals surface area contributed by atoms with Crippen molar-refractivity contribution in [2.75, 3.05) is 7.11 Å². The van der Waals surface area contributed by atoms with Crippen molar-refractivity contribution >= 4 is 22.6 Å². The Labute approximate surface area is 152 Å². The van der Waals surface area contributed by atoms with Crippen molar-refractivity contribution in [2.24, 2.45) is 0 Å². The third-order valence-corrected chi connectivity index (χ3v) is 4.18. The average Bonchev–Trinajstić information content (AvgIpc) is 3.04. The van der Waals surface area contributed by atoms with E-state index in [1.807, 2.05) is 49.4 Å². The molecular weight excluding hydrogens is 324 g/mol. The second kappa shape index (κ2) is 7.23. The maximum absolute atomic E-state index is 12.2. The van der Waals surface area contributed by atoms with Crippen LogP contribution < -0.4 is 0 Å². The van der Waals surface area contributed by atoms with E-state index in [9.17, 15) is 4.79 Å². The first kappa shape index (κ1) is 17.4. The second-order valence-corrected chi connectivity index (χ2v) is 5.87. The van der Waals surface area contributed by atoms with Gasteiger partial charge in [-0.2, -0.15) is 0 Å². The Morgan fingerprint density at radius 2 is 1.88 bits per heavy atom. The molecule has 3 aromatic rings. The molecule has 26 heavy (non-hydrogen) atoms. The Morgan fingerprint density at radius 1 is 1.15 bits per heavy atom. The molecule has 0 aliphatic heterocycles. The van der Waals surface area contributed by atoms with Gasteiger partial charge in [-0.3, -0.25) is 0 Å². The van der Waals surface area contributed by atoms with Crippen LogP contribution in [0.4, 0.5) is 0 Å². The number of hydrogen-bond donors (Lipinski definition) is 1. The van der Waals surface area contributed by atoms with Gasteiger partial charge >= 0.3 is 5.97 Å². The molecule has 3 rings (SSSR count). The zero-order chi connectivity index (χ0) is 18.7. The fourth-order valence-electron chi connectivity index (χ4n) is 2.94. The van der Waals surface area contributed by atoms with E-state index in [0.717, 1.165) is 33.6 Å². The fourth-order valence-corrected chi connectivity index (χ4v) is 2.94. The number of esters is 1. The molecule has 1 N–H and O–H groups in total. The van der Waals surface area contributed by atoms with E-state index in [1.165, 1.54) is 7.11 Å². The van der Waals surface area contributed by atoms with Crippen molar-refractivity contribution in [2.45, 2.75) is 6.92 Å². The van der Waals surface area contributed by atoms with Crippen LogP contribution in [0, 0.1) is 6.92 Å². The van der Waals surface area contributed by atoms with E-state index >= 15 is 0 Å². The molecule has 0 aliphatic rings. The lowest BCUT2D eigenvalue weighted by Crippen LogP contribution is -2.02. The minimum absolute atomic E-state index is 0.400. The number of allylic oxidation sites excluding steroid dienone is 4. The van der Waals surface area contributed by atoms with Crippen molar-refractivity contribution < 1.29 is 9.53 Å². The average molecular weight is 344 g/mol. The number of imidazole rings is 1. The fraction of sp³-hybridized carbons (Fsp3) is 0.0909. The van der Waals surface area contributed by atoms with Gasteiger partial charge in [-0.15, -0.1) is 0 Å². The van der Waals surface area contributed by atoms with E-state index in [1.54, 1.807) is 12.2 Å². The van der Waals surface area contributed by atoms with Crippen LogP contribution in [0.5, 0.6) is 0 Å². The molecule has 0 saturated heterocycles. The lowest BCUT2D eigenvalue weighted by atomic mass is 9.98. The Bertz CT molecular complexity index is 1020. The molecule has 2 aromatic carbocycles. The SMILES string of the molecule is C=C/C=C(\C=C)c1ccc(-c2cc(C(=O)OC)c3nc(C)[nH]c3c2)cc1. The Balaban J connectivity index is 2.10. The number of nitrogens with one attached hydrogen (secondary N) is 1. The number of aromatic nitrogens is 2. The predicted octanol–water partition coefficient (Wildman–Crippen LogP) is 5.08. The topological polar surface area (TPSA) is 55.0 Å². The van der Waals surface area contributed by atoms with Gasteiger partial charge in [-0.25, -0.2) is 9.78 Å². The molecule has 0 amide bonds. The van der Waals surface area contributed by atoms with Crippen LogP contribution in [-0.4, -0.2) is 23.0 Å². The summed E-state index contributed by atoms with van der Waals surface area (Å²) in [7, 11) is 1.37. The van der Waals surface area contributed by atoms with Crippen LogP contribution in [0.15, 0.2) is 67.8 Å². The second-order valence-electron chi connectivity index (χ2n) is 5.87. The smallest absolute Gasteiger partial charge is 0.340 e. The van der Waals surface area contributed by atoms with Gasteiger partial charge in [0.05, 0.1) is 18.2 Å². The third-order valence-electron chi connectivity index (χ3n) is 4.18. The number of carbonyl (C=O) groups excluding carboxylic acids is 1. The van der Waals surface area contributed by atoms with Gasteiger partial charge in [0.15, 0.2) is 0 Å². The van der Waals surface area contributed by atoms with Gasteiger partial charge in [-0.1, -0.05) is 55.7 Å². The number of ether oxygens (including phenoxy) is 1. The third kappa shape index (κ3) is 3.22. The number of fused-ring (bicyclic) bond motifs is 1. The molecule has 0 radical (unpaired) electrons. The largest absolute Gasteiger partial charge is 0.465 e. The summed E-state index contributed by atoms with van der Waals surface area (Å²) in [6.45, 7) is 9.42. The molecule has 0 bridgehead atoms. The molecule has 0 saturated carbocycles. The van der Waals surface area contributed by atoms with Crippen molar-refractivity contribution in [3.63, 3.8) is 0 Å². The summed E-state index contributed by atoms with van der Waals surface area (Å²) in [6.07, 6.45) is 5.45. The van der Waals surface area contributed by atoms with Gasteiger partial charge in [0.1, 0.15) is 11.3 Å². The van der Waals surface area contributed by atoms with Crippen molar-refractivity contribution in [1.82, 2.24) is 9.97 Å². The van der Waals surface area contributed by atoms with Gasteiger partial charge in [0, 0.05) is 0 Å². The highest BCUT2D eigenvalue weighted by molar-refractivity contribution is 6.04. The first-order valence-corrected chi connectivity index (χ1v) is 8.22. The molecule has 4 nitrogen and oxygen atoms in total. The molecule has 130 valence electrons. The normalized spacial score (nSPS) is 11.4.